The van der Waals surface area contributed by atoms with Crippen LogP contribution in [0.1, 0.15) is 38.5 Å². The normalized spacial score (nSPS) is 28.6. The maximum atomic E-state index is 11.8. The second kappa shape index (κ2) is 2.96. The largest absolute Gasteiger partial charge is 0.251 e. The van der Waals surface area contributed by atoms with Crippen molar-refractivity contribution in [2.75, 3.05) is 6.67 Å². The molecule has 0 radical (unpaired) electrons. The highest BCUT2D eigenvalue weighted by molar-refractivity contribution is 5.31. The summed E-state index contributed by atoms with van der Waals surface area (Å²) in [5.41, 5.74) is 3.31. The highest BCUT2D eigenvalue weighted by Gasteiger charge is 2.31. The number of hydrogen-bond donors (Lipinski definition) is 0. The standard InChI is InChI=1S/C10H15F/c11-6-2-4-9-7-8-3-1-5-10(8)9/h8H,1-7H2. The van der Waals surface area contributed by atoms with Gasteiger partial charge in [-0.15, -0.1) is 0 Å². The highest BCUT2D eigenvalue weighted by atomic mass is 19.1. The third kappa shape index (κ3) is 1.21. The van der Waals surface area contributed by atoms with Gasteiger partial charge in [-0.05, 0) is 44.4 Å². The molecule has 2 aliphatic carbocycles. The minimum Gasteiger partial charge on any atom is -0.251 e. The third-order valence-corrected chi connectivity index (χ3v) is 3.05. The molecule has 0 aliphatic heterocycles. The lowest BCUT2D eigenvalue weighted by Gasteiger charge is -2.28. The minimum absolute atomic E-state index is 0.137. The predicted molar refractivity (Wildman–Crippen MR) is 44.2 cm³/mol. The van der Waals surface area contributed by atoms with E-state index in [0.29, 0.717) is 0 Å². The maximum Gasteiger partial charge on any atom is 0.0897 e. The topological polar surface area (TPSA) is 0 Å². The van der Waals surface area contributed by atoms with Gasteiger partial charge in [-0.25, -0.2) is 0 Å². The number of rotatable bonds is 3. The van der Waals surface area contributed by atoms with Gasteiger partial charge in [0.25, 0.3) is 0 Å². The molecule has 0 aromatic rings. The average molecular weight is 154 g/mol. The van der Waals surface area contributed by atoms with Crippen LogP contribution in [0.5, 0.6) is 0 Å². The SMILES string of the molecule is FCCCC1=C2CCCC2C1. The first-order valence-electron chi connectivity index (χ1n) is 4.68. The summed E-state index contributed by atoms with van der Waals surface area (Å²) < 4.78 is 11.8. The Bertz CT molecular complexity index is 181. The molecule has 2 aliphatic rings. The Morgan fingerprint density at radius 2 is 2.36 bits per heavy atom. The van der Waals surface area contributed by atoms with Crippen molar-refractivity contribution in [2.24, 2.45) is 5.92 Å². The Kier molecular flexibility index (Phi) is 1.97. The number of hydrogen-bond acceptors (Lipinski definition) is 0. The summed E-state index contributed by atoms with van der Waals surface area (Å²) in [5.74, 6) is 0.935. The summed E-state index contributed by atoms with van der Waals surface area (Å²) in [6.07, 6.45) is 7.23. The van der Waals surface area contributed by atoms with Crippen molar-refractivity contribution < 1.29 is 4.39 Å². The Labute approximate surface area is 67.5 Å². The summed E-state index contributed by atoms with van der Waals surface area (Å²) in [4.78, 5) is 0. The molecule has 1 saturated carbocycles. The summed E-state index contributed by atoms with van der Waals surface area (Å²) in [5, 5.41) is 0. The van der Waals surface area contributed by atoms with E-state index in [1.807, 2.05) is 0 Å². The van der Waals surface area contributed by atoms with Crippen LogP contribution >= 0.6 is 0 Å². The fourth-order valence-corrected chi connectivity index (χ4v) is 2.45. The highest BCUT2D eigenvalue weighted by Crippen LogP contribution is 2.47. The summed E-state index contributed by atoms with van der Waals surface area (Å²) in [6, 6.07) is 0. The molecule has 0 heterocycles. The minimum atomic E-state index is -0.137. The van der Waals surface area contributed by atoms with Gasteiger partial charge >= 0.3 is 0 Å². The fourth-order valence-electron chi connectivity index (χ4n) is 2.45. The van der Waals surface area contributed by atoms with Gasteiger partial charge in [0.15, 0.2) is 0 Å². The van der Waals surface area contributed by atoms with E-state index in [2.05, 4.69) is 0 Å². The van der Waals surface area contributed by atoms with Gasteiger partial charge < -0.3 is 0 Å². The van der Waals surface area contributed by atoms with Gasteiger partial charge in [-0.3, -0.25) is 4.39 Å². The first-order chi connectivity index (χ1) is 5.42. The smallest absolute Gasteiger partial charge is 0.0897 e. The molecule has 0 saturated heterocycles. The van der Waals surface area contributed by atoms with Gasteiger partial charge in [0.05, 0.1) is 6.67 Å². The molecule has 0 aromatic carbocycles. The van der Waals surface area contributed by atoms with Gasteiger partial charge in [-0.1, -0.05) is 11.1 Å². The van der Waals surface area contributed by atoms with Crippen LogP contribution in [0.3, 0.4) is 0 Å². The van der Waals surface area contributed by atoms with Gasteiger partial charge in [-0.2, -0.15) is 0 Å². The lowest BCUT2D eigenvalue weighted by atomic mass is 9.78. The summed E-state index contributed by atoms with van der Waals surface area (Å²) in [6.45, 7) is -0.137. The Morgan fingerprint density at radius 3 is 3.09 bits per heavy atom. The van der Waals surface area contributed by atoms with Crippen LogP contribution in [-0.2, 0) is 0 Å². The van der Waals surface area contributed by atoms with Crippen LogP contribution in [0.25, 0.3) is 0 Å². The van der Waals surface area contributed by atoms with Crippen molar-refractivity contribution >= 4 is 0 Å². The number of fused-ring (bicyclic) bond motifs is 1. The summed E-state index contributed by atoms with van der Waals surface area (Å²) >= 11 is 0. The van der Waals surface area contributed by atoms with Gasteiger partial charge in [0.2, 0.25) is 0 Å². The van der Waals surface area contributed by atoms with Crippen molar-refractivity contribution in [1.29, 1.82) is 0 Å². The van der Waals surface area contributed by atoms with Crippen LogP contribution in [0.4, 0.5) is 4.39 Å². The molecule has 0 spiro atoms. The third-order valence-electron chi connectivity index (χ3n) is 3.05. The molecule has 0 amide bonds. The predicted octanol–water partition coefficient (Wildman–Crippen LogP) is 3.24. The zero-order chi connectivity index (χ0) is 7.68. The Hall–Kier alpha value is -0.330. The number of halogens is 1. The molecule has 1 atom stereocenters. The van der Waals surface area contributed by atoms with E-state index in [4.69, 9.17) is 0 Å². The van der Waals surface area contributed by atoms with Gasteiger partial charge in [0.1, 0.15) is 0 Å². The Morgan fingerprint density at radius 1 is 1.45 bits per heavy atom. The fraction of sp³-hybridized carbons (Fsp3) is 0.800. The van der Waals surface area contributed by atoms with Gasteiger partial charge in [0, 0.05) is 0 Å². The number of alkyl halides is 1. The van der Waals surface area contributed by atoms with Crippen LogP contribution < -0.4 is 0 Å². The Balaban J connectivity index is 1.90. The van der Waals surface area contributed by atoms with Crippen LogP contribution in [-0.4, -0.2) is 6.67 Å². The second-order valence-electron chi connectivity index (χ2n) is 3.71. The molecular weight excluding hydrogens is 139 g/mol. The molecule has 1 heteroatoms. The van der Waals surface area contributed by atoms with E-state index in [1.54, 1.807) is 11.1 Å². The van der Waals surface area contributed by atoms with Crippen LogP contribution in [0.15, 0.2) is 11.1 Å². The lowest BCUT2D eigenvalue weighted by molar-refractivity contribution is 0.453. The van der Waals surface area contributed by atoms with Crippen LogP contribution in [0, 0.1) is 5.92 Å². The van der Waals surface area contributed by atoms with E-state index < -0.39 is 0 Å². The summed E-state index contributed by atoms with van der Waals surface area (Å²) in [7, 11) is 0. The molecule has 0 N–H and O–H groups in total. The van der Waals surface area contributed by atoms with Crippen molar-refractivity contribution in [3.63, 3.8) is 0 Å². The van der Waals surface area contributed by atoms with Crippen molar-refractivity contribution in [3.05, 3.63) is 11.1 Å². The zero-order valence-electron chi connectivity index (χ0n) is 6.91. The quantitative estimate of drug-likeness (QED) is 0.547. The number of allylic oxidation sites excluding steroid dienone is 2. The molecule has 0 aromatic heterocycles. The molecule has 1 fully saturated rings. The van der Waals surface area contributed by atoms with E-state index in [1.165, 1.54) is 25.7 Å². The molecule has 0 bridgehead atoms. The first kappa shape index (κ1) is 7.33. The van der Waals surface area contributed by atoms with E-state index >= 15 is 0 Å². The maximum absolute atomic E-state index is 11.8. The van der Waals surface area contributed by atoms with E-state index in [9.17, 15) is 4.39 Å². The van der Waals surface area contributed by atoms with Crippen molar-refractivity contribution in [1.82, 2.24) is 0 Å². The lowest BCUT2D eigenvalue weighted by Crippen LogP contribution is -2.13. The second-order valence-corrected chi connectivity index (χ2v) is 3.71. The molecule has 62 valence electrons. The molecule has 0 nitrogen and oxygen atoms in total. The molecule has 1 unspecified atom stereocenters. The van der Waals surface area contributed by atoms with E-state index in [0.717, 1.165) is 18.8 Å². The monoisotopic (exact) mass is 154 g/mol. The van der Waals surface area contributed by atoms with Crippen molar-refractivity contribution in [3.8, 4) is 0 Å². The molecule has 2 rings (SSSR count). The molecular formula is C10H15F. The van der Waals surface area contributed by atoms with Crippen LogP contribution in [0.2, 0.25) is 0 Å². The first-order valence-corrected chi connectivity index (χ1v) is 4.68. The van der Waals surface area contributed by atoms with Crippen molar-refractivity contribution in [2.45, 2.75) is 38.5 Å². The average Bonchev–Trinajstić information content (AvgIpc) is 2.33. The van der Waals surface area contributed by atoms with E-state index in [-0.39, 0.29) is 6.67 Å². The zero-order valence-corrected chi connectivity index (χ0v) is 6.91. The molecule has 11 heavy (non-hydrogen) atoms.